The first-order valence-corrected chi connectivity index (χ1v) is 6.70. The maximum Gasteiger partial charge on any atom is 0.255 e. The molecule has 1 aromatic heterocycles. The molecule has 1 aliphatic rings. The molecule has 0 spiro atoms. The van der Waals surface area contributed by atoms with Gasteiger partial charge in [0, 0.05) is 37.7 Å². The Hall–Kier alpha value is -1.90. The molecular formula is C15H19N3O2. The van der Waals surface area contributed by atoms with E-state index in [9.17, 15) is 4.79 Å². The zero-order chi connectivity index (χ0) is 14.4. The van der Waals surface area contributed by atoms with Gasteiger partial charge in [-0.2, -0.15) is 0 Å². The average Bonchev–Trinajstić information content (AvgIpc) is 3.30. The molecule has 0 aromatic carbocycles. The lowest BCUT2D eigenvalue weighted by Crippen LogP contribution is -2.35. The van der Waals surface area contributed by atoms with Crippen molar-refractivity contribution in [3.05, 3.63) is 29.6 Å². The van der Waals surface area contributed by atoms with Crippen LogP contribution in [0.15, 0.2) is 18.5 Å². The molecular weight excluding hydrogens is 254 g/mol. The minimum Gasteiger partial charge on any atom is -0.383 e. The van der Waals surface area contributed by atoms with Crippen molar-refractivity contribution in [2.75, 3.05) is 26.8 Å². The molecule has 0 atom stereocenters. The third kappa shape index (κ3) is 3.80. The first-order chi connectivity index (χ1) is 9.76. The largest absolute Gasteiger partial charge is 0.383 e. The van der Waals surface area contributed by atoms with Gasteiger partial charge in [0.1, 0.15) is 0 Å². The highest BCUT2D eigenvalue weighted by Gasteiger charge is 2.32. The van der Waals surface area contributed by atoms with Gasteiger partial charge in [0.05, 0.1) is 18.7 Å². The van der Waals surface area contributed by atoms with Gasteiger partial charge in [0.2, 0.25) is 0 Å². The van der Waals surface area contributed by atoms with Crippen LogP contribution in [0, 0.1) is 11.8 Å². The molecule has 5 nitrogen and oxygen atoms in total. The van der Waals surface area contributed by atoms with E-state index in [1.165, 1.54) is 0 Å². The number of hydrogen-bond acceptors (Lipinski definition) is 4. The molecule has 1 aliphatic carbocycles. The highest BCUT2D eigenvalue weighted by molar-refractivity contribution is 5.94. The summed E-state index contributed by atoms with van der Waals surface area (Å²) in [6.07, 6.45) is 5.35. The number of rotatable bonds is 5. The smallest absolute Gasteiger partial charge is 0.255 e. The van der Waals surface area contributed by atoms with E-state index in [2.05, 4.69) is 16.8 Å². The van der Waals surface area contributed by atoms with E-state index >= 15 is 0 Å². The fraction of sp³-hybridized carbons (Fsp3) is 0.467. The summed E-state index contributed by atoms with van der Waals surface area (Å²) in [5.74, 6) is 5.65. The Kier molecular flexibility index (Phi) is 5.10. The van der Waals surface area contributed by atoms with Gasteiger partial charge in [-0.3, -0.25) is 9.78 Å². The van der Waals surface area contributed by atoms with E-state index in [0.29, 0.717) is 36.9 Å². The summed E-state index contributed by atoms with van der Waals surface area (Å²) in [5, 5.41) is 0. The van der Waals surface area contributed by atoms with Crippen LogP contribution in [0.5, 0.6) is 0 Å². The third-order valence-electron chi connectivity index (χ3n) is 3.10. The highest BCUT2D eigenvalue weighted by Crippen LogP contribution is 2.28. The van der Waals surface area contributed by atoms with Crippen LogP contribution in [-0.2, 0) is 4.74 Å². The number of methoxy groups -OCH3 is 1. The van der Waals surface area contributed by atoms with Gasteiger partial charge in [0.15, 0.2) is 0 Å². The van der Waals surface area contributed by atoms with Crippen LogP contribution in [-0.4, -0.2) is 48.6 Å². The molecule has 0 saturated heterocycles. The Morgan fingerprint density at radius 3 is 3.00 bits per heavy atom. The number of pyridine rings is 1. The Balaban J connectivity index is 2.13. The van der Waals surface area contributed by atoms with Gasteiger partial charge >= 0.3 is 0 Å². The predicted molar refractivity (Wildman–Crippen MR) is 76.1 cm³/mol. The van der Waals surface area contributed by atoms with Crippen LogP contribution in [0.25, 0.3) is 0 Å². The van der Waals surface area contributed by atoms with Crippen LogP contribution in [0.1, 0.15) is 28.8 Å². The quantitative estimate of drug-likeness (QED) is 0.800. The van der Waals surface area contributed by atoms with E-state index in [4.69, 9.17) is 10.5 Å². The van der Waals surface area contributed by atoms with Gasteiger partial charge in [-0.15, -0.1) is 0 Å². The molecule has 1 fully saturated rings. The molecule has 106 valence electrons. The van der Waals surface area contributed by atoms with Crippen molar-refractivity contribution in [2.45, 2.75) is 18.9 Å². The first kappa shape index (κ1) is 14.5. The van der Waals surface area contributed by atoms with E-state index in [0.717, 1.165) is 12.8 Å². The van der Waals surface area contributed by atoms with Gasteiger partial charge in [0.25, 0.3) is 5.91 Å². The van der Waals surface area contributed by atoms with Crippen LogP contribution in [0.4, 0.5) is 0 Å². The molecule has 0 radical (unpaired) electrons. The number of amides is 1. The summed E-state index contributed by atoms with van der Waals surface area (Å²) in [4.78, 5) is 18.5. The van der Waals surface area contributed by atoms with Gasteiger partial charge in [-0.05, 0) is 18.9 Å². The lowest BCUT2D eigenvalue weighted by molar-refractivity contribution is 0.0679. The molecule has 1 heterocycles. The number of ether oxygens (including phenoxy) is 1. The molecule has 1 saturated carbocycles. The zero-order valence-corrected chi connectivity index (χ0v) is 11.6. The third-order valence-corrected chi connectivity index (χ3v) is 3.10. The molecule has 0 bridgehead atoms. The van der Waals surface area contributed by atoms with E-state index < -0.39 is 0 Å². The Morgan fingerprint density at radius 1 is 1.55 bits per heavy atom. The number of aromatic nitrogens is 1. The number of hydrogen-bond donors (Lipinski definition) is 1. The van der Waals surface area contributed by atoms with Crippen LogP contribution < -0.4 is 5.73 Å². The first-order valence-electron chi connectivity index (χ1n) is 6.70. The minimum atomic E-state index is -0.00607. The second-order valence-electron chi connectivity index (χ2n) is 4.69. The fourth-order valence-corrected chi connectivity index (χ4v) is 1.97. The van der Waals surface area contributed by atoms with Gasteiger partial charge in [-0.1, -0.05) is 11.8 Å². The molecule has 20 heavy (non-hydrogen) atoms. The summed E-state index contributed by atoms with van der Waals surface area (Å²) < 4.78 is 5.07. The monoisotopic (exact) mass is 273 g/mol. The van der Waals surface area contributed by atoms with E-state index in [1.54, 1.807) is 25.6 Å². The van der Waals surface area contributed by atoms with Crippen molar-refractivity contribution >= 4 is 5.91 Å². The zero-order valence-electron chi connectivity index (χ0n) is 11.6. The molecule has 1 amide bonds. The van der Waals surface area contributed by atoms with Crippen LogP contribution in [0.3, 0.4) is 0 Å². The number of carbonyl (C=O) groups is 1. The summed E-state index contributed by atoms with van der Waals surface area (Å²) >= 11 is 0. The van der Waals surface area contributed by atoms with Crippen molar-refractivity contribution in [2.24, 2.45) is 5.73 Å². The Morgan fingerprint density at radius 2 is 2.35 bits per heavy atom. The summed E-state index contributed by atoms with van der Waals surface area (Å²) in [5.41, 5.74) is 6.62. The maximum absolute atomic E-state index is 12.5. The predicted octanol–water partition coefficient (Wildman–Crippen LogP) is 0.643. The topological polar surface area (TPSA) is 68.5 Å². The molecule has 5 heteroatoms. The van der Waals surface area contributed by atoms with Crippen molar-refractivity contribution in [1.29, 1.82) is 0 Å². The Bertz CT molecular complexity index is 529. The molecule has 1 aromatic rings. The van der Waals surface area contributed by atoms with E-state index in [1.807, 2.05) is 4.90 Å². The number of nitrogens with zero attached hydrogens (tertiary/aromatic N) is 2. The SMILES string of the molecule is COCCN(C(=O)c1cncc(C#CCN)c1)C1CC1. The summed E-state index contributed by atoms with van der Waals surface area (Å²) in [7, 11) is 1.64. The maximum atomic E-state index is 12.5. The van der Waals surface area contributed by atoms with Crippen molar-refractivity contribution in [3.63, 3.8) is 0 Å². The molecule has 0 aliphatic heterocycles. The van der Waals surface area contributed by atoms with Crippen molar-refractivity contribution in [3.8, 4) is 11.8 Å². The number of nitrogens with two attached hydrogens (primary N) is 1. The van der Waals surface area contributed by atoms with Gasteiger partial charge in [-0.25, -0.2) is 0 Å². The molecule has 0 unspecified atom stereocenters. The second kappa shape index (κ2) is 7.04. The summed E-state index contributed by atoms with van der Waals surface area (Å²) in [6, 6.07) is 2.11. The standard InChI is InChI=1S/C15H19N3O2/c1-20-8-7-18(14-4-5-14)15(19)13-9-12(3-2-6-16)10-17-11-13/h9-11,14H,4-8,16H2,1H3. The highest BCUT2D eigenvalue weighted by atomic mass is 16.5. The van der Waals surface area contributed by atoms with Gasteiger partial charge < -0.3 is 15.4 Å². The average molecular weight is 273 g/mol. The fourth-order valence-electron chi connectivity index (χ4n) is 1.97. The lowest BCUT2D eigenvalue weighted by atomic mass is 10.2. The van der Waals surface area contributed by atoms with Crippen molar-refractivity contribution < 1.29 is 9.53 Å². The van der Waals surface area contributed by atoms with E-state index in [-0.39, 0.29) is 5.91 Å². The normalized spacial score (nSPS) is 13.5. The second-order valence-corrected chi connectivity index (χ2v) is 4.69. The summed E-state index contributed by atoms with van der Waals surface area (Å²) in [6.45, 7) is 1.45. The number of carbonyl (C=O) groups excluding carboxylic acids is 1. The molecule has 2 rings (SSSR count). The minimum absolute atomic E-state index is 0.00607. The Labute approximate surface area is 119 Å². The van der Waals surface area contributed by atoms with Crippen LogP contribution >= 0.6 is 0 Å². The van der Waals surface area contributed by atoms with Crippen molar-refractivity contribution in [1.82, 2.24) is 9.88 Å². The lowest BCUT2D eigenvalue weighted by Gasteiger charge is -2.22. The van der Waals surface area contributed by atoms with Crippen LogP contribution in [0.2, 0.25) is 0 Å². The molecule has 2 N–H and O–H groups in total.